The summed E-state index contributed by atoms with van der Waals surface area (Å²) in [5, 5.41) is 13.0. The second kappa shape index (κ2) is 4.43. The lowest BCUT2D eigenvalue weighted by atomic mass is 9.86. The summed E-state index contributed by atoms with van der Waals surface area (Å²) in [5.41, 5.74) is 2.22. The molecule has 2 nitrogen and oxygen atoms in total. The van der Waals surface area contributed by atoms with Crippen LogP contribution in [-0.2, 0) is 6.42 Å². The van der Waals surface area contributed by atoms with Gasteiger partial charge in [0.1, 0.15) is 5.75 Å². The molecule has 0 saturated carbocycles. The van der Waals surface area contributed by atoms with E-state index in [1.165, 1.54) is 11.1 Å². The lowest BCUT2D eigenvalue weighted by Gasteiger charge is -2.32. The number of fused-ring (bicyclic) bond motifs is 1. The van der Waals surface area contributed by atoms with Crippen LogP contribution in [0, 0.1) is 12.3 Å². The zero-order valence-electron chi connectivity index (χ0n) is 10.5. The zero-order valence-corrected chi connectivity index (χ0v) is 10.5. The van der Waals surface area contributed by atoms with Crippen LogP contribution in [0.1, 0.15) is 43.9 Å². The highest BCUT2D eigenvalue weighted by molar-refractivity contribution is 5.38. The largest absolute Gasteiger partial charge is 0.508 e. The first-order valence-electron chi connectivity index (χ1n) is 6.09. The molecule has 90 valence electrons. The van der Waals surface area contributed by atoms with E-state index in [1.807, 2.05) is 26.0 Å². The Morgan fingerprint density at radius 3 is 2.94 bits per heavy atom. The summed E-state index contributed by atoms with van der Waals surface area (Å²) < 4.78 is 0. The molecule has 1 atom stereocenters. The fourth-order valence-corrected chi connectivity index (χ4v) is 2.43. The standard InChI is InChI=1S/C15H19NO/c1-4-15(2,3)16-14-7-5-6-11-10-12(17)8-9-13(11)14/h1,8-10,14,16-17H,5-7H2,2-3H3. The predicted octanol–water partition coefficient (Wildman–Crippen LogP) is 2.77. The molecule has 0 aromatic heterocycles. The molecule has 1 aliphatic rings. The van der Waals surface area contributed by atoms with Crippen LogP contribution in [0.5, 0.6) is 5.75 Å². The van der Waals surface area contributed by atoms with Gasteiger partial charge in [-0.2, -0.15) is 0 Å². The Hall–Kier alpha value is -1.46. The molecule has 0 radical (unpaired) electrons. The Kier molecular flexibility index (Phi) is 3.13. The van der Waals surface area contributed by atoms with E-state index in [4.69, 9.17) is 6.42 Å². The molecule has 17 heavy (non-hydrogen) atoms. The topological polar surface area (TPSA) is 32.3 Å². The molecule has 2 N–H and O–H groups in total. The fraction of sp³-hybridized carbons (Fsp3) is 0.467. The minimum Gasteiger partial charge on any atom is -0.508 e. The first-order valence-corrected chi connectivity index (χ1v) is 6.09. The summed E-state index contributed by atoms with van der Waals surface area (Å²) in [5.74, 6) is 3.12. The lowest BCUT2D eigenvalue weighted by Crippen LogP contribution is -2.41. The summed E-state index contributed by atoms with van der Waals surface area (Å²) in [4.78, 5) is 0. The summed E-state index contributed by atoms with van der Waals surface area (Å²) in [7, 11) is 0. The quantitative estimate of drug-likeness (QED) is 0.764. The highest BCUT2D eigenvalue weighted by Gasteiger charge is 2.25. The number of terminal acetylenes is 1. The van der Waals surface area contributed by atoms with Crippen LogP contribution < -0.4 is 5.32 Å². The number of aromatic hydroxyl groups is 1. The molecule has 0 fully saturated rings. The first-order chi connectivity index (χ1) is 8.02. The van der Waals surface area contributed by atoms with E-state index in [1.54, 1.807) is 6.07 Å². The molecule has 2 heteroatoms. The van der Waals surface area contributed by atoms with Gasteiger partial charge in [-0.05, 0) is 56.4 Å². The molecular formula is C15H19NO. The number of hydrogen-bond acceptors (Lipinski definition) is 2. The van der Waals surface area contributed by atoms with Crippen molar-refractivity contribution in [3.05, 3.63) is 29.3 Å². The summed E-state index contributed by atoms with van der Waals surface area (Å²) in [6.07, 6.45) is 8.79. The molecule has 2 rings (SSSR count). The Balaban J connectivity index is 2.27. The van der Waals surface area contributed by atoms with Crippen molar-refractivity contribution in [2.75, 3.05) is 0 Å². The number of aryl methyl sites for hydroxylation is 1. The van der Waals surface area contributed by atoms with E-state index >= 15 is 0 Å². The number of phenolic OH excluding ortho intramolecular Hbond substituents is 1. The van der Waals surface area contributed by atoms with Gasteiger partial charge in [0.25, 0.3) is 0 Å². The average Bonchev–Trinajstić information content (AvgIpc) is 2.28. The van der Waals surface area contributed by atoms with Gasteiger partial charge in [0.2, 0.25) is 0 Å². The van der Waals surface area contributed by atoms with Crippen LogP contribution in [0.4, 0.5) is 0 Å². The first kappa shape index (κ1) is 12.0. The summed E-state index contributed by atoms with van der Waals surface area (Å²) in [6, 6.07) is 5.92. The van der Waals surface area contributed by atoms with Crippen molar-refractivity contribution in [3.63, 3.8) is 0 Å². The van der Waals surface area contributed by atoms with E-state index in [9.17, 15) is 5.11 Å². The number of rotatable bonds is 2. The van der Waals surface area contributed by atoms with E-state index in [-0.39, 0.29) is 5.54 Å². The Bertz CT molecular complexity index is 456. The number of phenols is 1. The Labute approximate surface area is 103 Å². The molecule has 1 unspecified atom stereocenters. The Morgan fingerprint density at radius 1 is 1.47 bits per heavy atom. The molecule has 0 spiro atoms. The second-order valence-corrected chi connectivity index (χ2v) is 5.24. The second-order valence-electron chi connectivity index (χ2n) is 5.24. The maximum absolute atomic E-state index is 9.50. The maximum Gasteiger partial charge on any atom is 0.115 e. The third kappa shape index (κ3) is 2.62. The van der Waals surface area contributed by atoms with E-state index in [2.05, 4.69) is 11.2 Å². The van der Waals surface area contributed by atoms with E-state index in [0.717, 1.165) is 19.3 Å². The van der Waals surface area contributed by atoms with Gasteiger partial charge < -0.3 is 5.11 Å². The average molecular weight is 229 g/mol. The van der Waals surface area contributed by atoms with Crippen molar-refractivity contribution >= 4 is 0 Å². The van der Waals surface area contributed by atoms with Crippen molar-refractivity contribution in [2.24, 2.45) is 0 Å². The minimum absolute atomic E-state index is 0.294. The van der Waals surface area contributed by atoms with E-state index < -0.39 is 0 Å². The highest BCUT2D eigenvalue weighted by atomic mass is 16.3. The number of hydrogen-bond donors (Lipinski definition) is 2. The molecule has 0 saturated heterocycles. The number of benzene rings is 1. The molecular weight excluding hydrogens is 210 g/mol. The van der Waals surface area contributed by atoms with Gasteiger partial charge in [-0.15, -0.1) is 6.42 Å². The predicted molar refractivity (Wildman–Crippen MR) is 69.8 cm³/mol. The molecule has 1 aromatic carbocycles. The van der Waals surface area contributed by atoms with Crippen molar-refractivity contribution < 1.29 is 5.11 Å². The zero-order chi connectivity index (χ0) is 12.5. The van der Waals surface area contributed by atoms with Crippen molar-refractivity contribution in [1.82, 2.24) is 5.32 Å². The number of nitrogens with one attached hydrogen (secondary N) is 1. The van der Waals surface area contributed by atoms with Gasteiger partial charge >= 0.3 is 0 Å². The highest BCUT2D eigenvalue weighted by Crippen LogP contribution is 2.32. The smallest absolute Gasteiger partial charge is 0.115 e. The van der Waals surface area contributed by atoms with Gasteiger partial charge in [0.05, 0.1) is 5.54 Å². The van der Waals surface area contributed by atoms with Gasteiger partial charge in [0.15, 0.2) is 0 Å². The van der Waals surface area contributed by atoms with Crippen molar-refractivity contribution in [2.45, 2.75) is 44.7 Å². The fourth-order valence-electron chi connectivity index (χ4n) is 2.43. The van der Waals surface area contributed by atoms with Crippen LogP contribution in [-0.4, -0.2) is 10.6 Å². The van der Waals surface area contributed by atoms with Crippen LogP contribution in [0.25, 0.3) is 0 Å². The molecule has 1 aromatic rings. The normalized spacial score (nSPS) is 19.5. The molecule has 0 amide bonds. The van der Waals surface area contributed by atoms with Gasteiger partial charge in [-0.25, -0.2) is 0 Å². The van der Waals surface area contributed by atoms with Gasteiger partial charge in [-0.3, -0.25) is 5.32 Å². The van der Waals surface area contributed by atoms with Crippen LogP contribution >= 0.6 is 0 Å². The molecule has 0 heterocycles. The Morgan fingerprint density at radius 2 is 2.24 bits per heavy atom. The monoisotopic (exact) mass is 229 g/mol. The third-order valence-corrected chi connectivity index (χ3v) is 3.34. The molecule has 0 aliphatic heterocycles. The van der Waals surface area contributed by atoms with Crippen LogP contribution in [0.15, 0.2) is 18.2 Å². The SMILES string of the molecule is C#CC(C)(C)NC1CCCc2cc(O)ccc21. The summed E-state index contributed by atoms with van der Waals surface area (Å²) in [6.45, 7) is 4.03. The van der Waals surface area contributed by atoms with Crippen molar-refractivity contribution in [1.29, 1.82) is 0 Å². The minimum atomic E-state index is -0.294. The molecule has 0 bridgehead atoms. The lowest BCUT2D eigenvalue weighted by molar-refractivity contribution is 0.373. The van der Waals surface area contributed by atoms with E-state index in [0.29, 0.717) is 11.8 Å². The molecule has 1 aliphatic carbocycles. The third-order valence-electron chi connectivity index (χ3n) is 3.34. The van der Waals surface area contributed by atoms with Crippen LogP contribution in [0.3, 0.4) is 0 Å². The van der Waals surface area contributed by atoms with Crippen LogP contribution in [0.2, 0.25) is 0 Å². The van der Waals surface area contributed by atoms with Gasteiger partial charge in [0, 0.05) is 6.04 Å². The summed E-state index contributed by atoms with van der Waals surface area (Å²) >= 11 is 0. The maximum atomic E-state index is 9.50. The van der Waals surface area contributed by atoms with Crippen molar-refractivity contribution in [3.8, 4) is 18.1 Å². The van der Waals surface area contributed by atoms with Gasteiger partial charge in [-0.1, -0.05) is 12.0 Å².